The van der Waals surface area contributed by atoms with Crippen molar-refractivity contribution in [2.45, 2.75) is 58.4 Å². The summed E-state index contributed by atoms with van der Waals surface area (Å²) < 4.78 is 46.1. The van der Waals surface area contributed by atoms with Crippen molar-refractivity contribution in [1.82, 2.24) is 24.7 Å². The molecule has 0 spiro atoms. The SMILES string of the molecule is Cc1nc2cc(N3CCO[C@H](C)C3)nc(C3=C=C(C(F)(F)F)C3)c2nc1C.c1cnn(C2CC2)c1. The summed E-state index contributed by atoms with van der Waals surface area (Å²) in [6.07, 6.45) is 2.00. The van der Waals surface area contributed by atoms with Crippen LogP contribution in [-0.4, -0.2) is 56.7 Å². The van der Waals surface area contributed by atoms with Gasteiger partial charge in [-0.3, -0.25) is 4.68 Å². The van der Waals surface area contributed by atoms with Gasteiger partial charge in [-0.1, -0.05) is 0 Å². The van der Waals surface area contributed by atoms with Crippen LogP contribution in [0, 0.1) is 13.8 Å². The average Bonchev–Trinajstić information content (AvgIpc) is 3.47. The normalized spacial score (nSPS) is 20.1. The second-order valence-corrected chi connectivity index (χ2v) is 9.19. The van der Waals surface area contributed by atoms with Crippen molar-refractivity contribution in [2.24, 2.45) is 0 Å². The molecule has 1 saturated heterocycles. The lowest BCUT2D eigenvalue weighted by Crippen LogP contribution is -2.41. The number of fused-ring (bicyclic) bond motifs is 1. The molecule has 10 heteroatoms. The fourth-order valence-corrected chi connectivity index (χ4v) is 4.11. The monoisotopic (exact) mass is 484 g/mol. The number of alkyl halides is 3. The molecule has 0 unspecified atom stereocenters. The topological polar surface area (TPSA) is 69.0 Å². The second-order valence-electron chi connectivity index (χ2n) is 9.19. The van der Waals surface area contributed by atoms with Crippen LogP contribution in [0.2, 0.25) is 0 Å². The number of hydrogen-bond acceptors (Lipinski definition) is 6. The molecule has 7 nitrogen and oxygen atoms in total. The summed E-state index contributed by atoms with van der Waals surface area (Å²) in [6.45, 7) is 7.59. The number of hydrogen-bond donors (Lipinski definition) is 0. The van der Waals surface area contributed by atoms with Gasteiger partial charge in [-0.15, -0.1) is 5.73 Å². The number of pyridine rings is 1. The quantitative estimate of drug-likeness (QED) is 0.490. The highest BCUT2D eigenvalue weighted by atomic mass is 19.4. The molecule has 35 heavy (non-hydrogen) atoms. The van der Waals surface area contributed by atoms with E-state index < -0.39 is 11.7 Å². The van der Waals surface area contributed by atoms with Crippen molar-refractivity contribution in [2.75, 3.05) is 24.6 Å². The molecule has 2 aliphatic carbocycles. The summed E-state index contributed by atoms with van der Waals surface area (Å²) in [5.74, 6) is 0.681. The van der Waals surface area contributed by atoms with Crippen molar-refractivity contribution < 1.29 is 17.9 Å². The van der Waals surface area contributed by atoms with Crippen LogP contribution in [-0.2, 0) is 4.74 Å². The van der Waals surface area contributed by atoms with Crippen molar-refractivity contribution >= 4 is 22.4 Å². The number of anilines is 1. The summed E-state index contributed by atoms with van der Waals surface area (Å²) in [5.41, 5.74) is 5.31. The largest absolute Gasteiger partial charge is 0.420 e. The molecule has 3 aromatic rings. The minimum Gasteiger partial charge on any atom is -0.375 e. The van der Waals surface area contributed by atoms with Gasteiger partial charge in [0, 0.05) is 43.5 Å². The van der Waals surface area contributed by atoms with Gasteiger partial charge in [0.15, 0.2) is 0 Å². The third-order valence-corrected chi connectivity index (χ3v) is 6.34. The van der Waals surface area contributed by atoms with Gasteiger partial charge in [0.1, 0.15) is 17.0 Å². The van der Waals surface area contributed by atoms with Crippen LogP contribution in [0.4, 0.5) is 19.0 Å². The summed E-state index contributed by atoms with van der Waals surface area (Å²) in [4.78, 5) is 15.9. The molecule has 4 heterocycles. The predicted molar refractivity (Wildman–Crippen MR) is 126 cm³/mol. The Morgan fingerprint density at radius 3 is 2.49 bits per heavy atom. The number of aromatic nitrogens is 5. The maximum Gasteiger partial charge on any atom is 0.420 e. The van der Waals surface area contributed by atoms with E-state index in [9.17, 15) is 13.2 Å². The standard InChI is InChI=1S/C19H19F3N4O.C6H8N2/c1-10-9-26(4-5-27-10)16-8-15-18(24-12(3)11(2)23-15)17(25-16)13-6-14(7-13)19(20,21)22;1-4-7-8(5-1)6-2-3-6/h8,10H,4-6,9H2,1-3H3;1,4-6H,2-3H2/t10-;/m1./s1. The molecule has 6 rings (SSSR count). The lowest BCUT2D eigenvalue weighted by molar-refractivity contribution is -0.0934. The maximum absolute atomic E-state index is 12.9. The van der Waals surface area contributed by atoms with Crippen LogP contribution < -0.4 is 4.90 Å². The van der Waals surface area contributed by atoms with Gasteiger partial charge < -0.3 is 9.64 Å². The molecule has 184 valence electrons. The Balaban J connectivity index is 0.000000265. The fourth-order valence-electron chi connectivity index (χ4n) is 4.11. The van der Waals surface area contributed by atoms with Crippen LogP contribution >= 0.6 is 0 Å². The third-order valence-electron chi connectivity index (χ3n) is 6.34. The van der Waals surface area contributed by atoms with Crippen molar-refractivity contribution in [1.29, 1.82) is 0 Å². The Morgan fingerprint density at radius 2 is 1.86 bits per heavy atom. The first-order chi connectivity index (χ1) is 16.7. The summed E-state index contributed by atoms with van der Waals surface area (Å²) in [6, 6.07) is 4.56. The number of halogens is 3. The van der Waals surface area contributed by atoms with Gasteiger partial charge in [-0.05, 0) is 39.7 Å². The van der Waals surface area contributed by atoms with Gasteiger partial charge in [0.05, 0.1) is 41.2 Å². The molecule has 0 amide bonds. The smallest absolute Gasteiger partial charge is 0.375 e. The summed E-state index contributed by atoms with van der Waals surface area (Å²) in [7, 11) is 0. The Labute approximate surface area is 201 Å². The highest BCUT2D eigenvalue weighted by molar-refractivity contribution is 5.91. The van der Waals surface area contributed by atoms with E-state index in [-0.39, 0.29) is 12.5 Å². The van der Waals surface area contributed by atoms with E-state index in [1.54, 1.807) is 0 Å². The van der Waals surface area contributed by atoms with Crippen LogP contribution in [0.25, 0.3) is 16.6 Å². The van der Waals surface area contributed by atoms with Crippen molar-refractivity contribution in [3.05, 3.63) is 52.9 Å². The zero-order chi connectivity index (χ0) is 24.7. The van der Waals surface area contributed by atoms with Crippen LogP contribution in [0.15, 0.2) is 35.8 Å². The third kappa shape index (κ3) is 5.09. The molecular formula is C25H27F3N6O. The fraction of sp³-hybridized carbons (Fsp3) is 0.480. The molecule has 1 saturated carbocycles. The van der Waals surface area contributed by atoms with Gasteiger partial charge in [-0.25, -0.2) is 15.0 Å². The van der Waals surface area contributed by atoms with E-state index in [0.29, 0.717) is 47.8 Å². The van der Waals surface area contributed by atoms with Crippen LogP contribution in [0.3, 0.4) is 0 Å². The van der Waals surface area contributed by atoms with Gasteiger partial charge in [0.2, 0.25) is 0 Å². The van der Waals surface area contributed by atoms with E-state index in [2.05, 4.69) is 30.7 Å². The minimum absolute atomic E-state index is 0.0604. The lowest BCUT2D eigenvalue weighted by atomic mass is 9.93. The summed E-state index contributed by atoms with van der Waals surface area (Å²) >= 11 is 0. The molecule has 0 N–H and O–H groups in total. The molecule has 3 aliphatic rings. The lowest BCUT2D eigenvalue weighted by Gasteiger charge is -2.32. The molecule has 2 fully saturated rings. The van der Waals surface area contributed by atoms with Crippen LogP contribution in [0.1, 0.15) is 49.3 Å². The summed E-state index contributed by atoms with van der Waals surface area (Å²) in [5, 5.41) is 4.09. The van der Waals surface area contributed by atoms with Gasteiger partial charge in [-0.2, -0.15) is 18.3 Å². The molecule has 1 aliphatic heterocycles. The van der Waals surface area contributed by atoms with E-state index in [1.807, 2.05) is 50.0 Å². The molecular weight excluding hydrogens is 457 g/mol. The van der Waals surface area contributed by atoms with E-state index in [4.69, 9.17) is 4.74 Å². The second kappa shape index (κ2) is 9.09. The molecule has 3 aromatic heterocycles. The number of nitrogens with zero attached hydrogens (tertiary/aromatic N) is 6. The van der Waals surface area contributed by atoms with E-state index in [1.165, 1.54) is 12.8 Å². The average molecular weight is 485 g/mol. The molecule has 0 radical (unpaired) electrons. The van der Waals surface area contributed by atoms with Crippen molar-refractivity contribution in [3.8, 4) is 0 Å². The molecule has 0 bridgehead atoms. The molecule has 1 atom stereocenters. The zero-order valence-corrected chi connectivity index (χ0v) is 19.9. The number of ether oxygens (including phenoxy) is 1. The van der Waals surface area contributed by atoms with E-state index >= 15 is 0 Å². The highest BCUT2D eigenvalue weighted by Gasteiger charge is 2.38. The Bertz CT molecular complexity index is 1310. The first-order valence-corrected chi connectivity index (χ1v) is 11.8. The first-order valence-electron chi connectivity index (χ1n) is 11.8. The number of aryl methyl sites for hydroxylation is 2. The first kappa shape index (κ1) is 23.5. The Morgan fingerprint density at radius 1 is 1.11 bits per heavy atom. The number of rotatable bonds is 3. The Hall–Kier alpha value is -3.23. The van der Waals surface area contributed by atoms with Gasteiger partial charge in [0.25, 0.3) is 0 Å². The Kier molecular flexibility index (Phi) is 6.11. The number of morpholine rings is 1. The zero-order valence-electron chi connectivity index (χ0n) is 19.9. The maximum atomic E-state index is 12.9. The predicted octanol–water partition coefficient (Wildman–Crippen LogP) is 4.96. The minimum atomic E-state index is -4.35. The van der Waals surface area contributed by atoms with Crippen molar-refractivity contribution in [3.63, 3.8) is 0 Å². The van der Waals surface area contributed by atoms with Crippen LogP contribution in [0.5, 0.6) is 0 Å². The van der Waals surface area contributed by atoms with Gasteiger partial charge >= 0.3 is 6.18 Å². The number of allylic oxidation sites excluding steroid dienone is 1. The highest BCUT2D eigenvalue weighted by Crippen LogP contribution is 2.40. The van der Waals surface area contributed by atoms with E-state index in [0.717, 1.165) is 17.4 Å². The molecule has 0 aromatic carbocycles.